The van der Waals surface area contributed by atoms with E-state index in [1.165, 1.54) is 0 Å². The number of rotatable bonds is 7. The molecule has 1 heterocycles. The number of hydrogen-bond donors (Lipinski definition) is 2. The molecule has 0 fully saturated rings. The molecule has 7 heteroatoms. The fourth-order valence-electron chi connectivity index (χ4n) is 2.64. The van der Waals surface area contributed by atoms with Crippen LogP contribution in [0.25, 0.3) is 11.4 Å². The van der Waals surface area contributed by atoms with E-state index in [1.54, 1.807) is 31.2 Å². The fraction of sp³-hybridized carbons (Fsp3) is 0.190. The number of anilines is 3. The molecule has 0 atom stereocenters. The Morgan fingerprint density at radius 2 is 1.79 bits per heavy atom. The third kappa shape index (κ3) is 4.56. The fourth-order valence-corrected chi connectivity index (χ4v) is 2.64. The van der Waals surface area contributed by atoms with E-state index in [4.69, 9.17) is 15.2 Å². The second kappa shape index (κ2) is 8.85. The first-order chi connectivity index (χ1) is 13.6. The van der Waals surface area contributed by atoms with Crippen molar-refractivity contribution in [3.8, 4) is 17.1 Å². The smallest absolute Gasteiger partial charge is 0.340 e. The quantitative estimate of drug-likeness (QED) is 0.598. The maximum Gasteiger partial charge on any atom is 0.340 e. The molecule has 3 rings (SSSR count). The molecule has 0 radical (unpaired) electrons. The third-order valence-electron chi connectivity index (χ3n) is 3.85. The lowest BCUT2D eigenvalue weighted by Gasteiger charge is -2.12. The Morgan fingerprint density at radius 1 is 1.04 bits per heavy atom. The molecule has 0 aliphatic heterocycles. The Kier molecular flexibility index (Phi) is 6.06. The largest absolute Gasteiger partial charge is 0.494 e. The van der Waals surface area contributed by atoms with Gasteiger partial charge in [-0.05, 0) is 50.2 Å². The summed E-state index contributed by atoms with van der Waals surface area (Å²) in [5, 5.41) is 3.14. The van der Waals surface area contributed by atoms with Crippen molar-refractivity contribution >= 4 is 23.3 Å². The van der Waals surface area contributed by atoms with Crippen molar-refractivity contribution in [1.82, 2.24) is 9.97 Å². The van der Waals surface area contributed by atoms with Crippen molar-refractivity contribution in [2.75, 3.05) is 24.3 Å². The average Bonchev–Trinajstić information content (AvgIpc) is 2.69. The van der Waals surface area contributed by atoms with E-state index in [0.717, 1.165) is 11.3 Å². The lowest BCUT2D eigenvalue weighted by atomic mass is 10.1. The molecule has 0 aliphatic rings. The number of carbonyl (C=O) groups is 1. The maximum absolute atomic E-state index is 12.2. The Balaban J connectivity index is 1.90. The van der Waals surface area contributed by atoms with Gasteiger partial charge >= 0.3 is 5.97 Å². The highest BCUT2D eigenvalue weighted by Gasteiger charge is 2.13. The molecule has 0 spiro atoms. The number of esters is 1. The van der Waals surface area contributed by atoms with Gasteiger partial charge in [-0.25, -0.2) is 14.8 Å². The first kappa shape index (κ1) is 19.2. The SMILES string of the molecule is CCOC(=O)c1ccccc1Nc1cc(N)nc(-c2ccc(OCC)cc2)n1. The second-order valence-corrected chi connectivity index (χ2v) is 5.85. The lowest BCUT2D eigenvalue weighted by Crippen LogP contribution is -2.09. The lowest BCUT2D eigenvalue weighted by molar-refractivity contribution is 0.0527. The van der Waals surface area contributed by atoms with Gasteiger partial charge in [0, 0.05) is 11.6 Å². The van der Waals surface area contributed by atoms with E-state index in [9.17, 15) is 4.79 Å². The minimum atomic E-state index is -0.403. The highest BCUT2D eigenvalue weighted by atomic mass is 16.5. The van der Waals surface area contributed by atoms with E-state index >= 15 is 0 Å². The molecular formula is C21H22N4O3. The van der Waals surface area contributed by atoms with Crippen LogP contribution in [0, 0.1) is 0 Å². The van der Waals surface area contributed by atoms with Crippen LogP contribution < -0.4 is 15.8 Å². The van der Waals surface area contributed by atoms with E-state index < -0.39 is 5.97 Å². The van der Waals surface area contributed by atoms with E-state index in [2.05, 4.69) is 15.3 Å². The monoisotopic (exact) mass is 378 g/mol. The van der Waals surface area contributed by atoms with Gasteiger partial charge in [-0.3, -0.25) is 0 Å². The van der Waals surface area contributed by atoms with Gasteiger partial charge in [-0.2, -0.15) is 0 Å². The van der Waals surface area contributed by atoms with Crippen LogP contribution in [0.5, 0.6) is 5.75 Å². The number of nitrogens with zero attached hydrogens (tertiary/aromatic N) is 2. The summed E-state index contributed by atoms with van der Waals surface area (Å²) in [5.41, 5.74) is 7.77. The molecular weight excluding hydrogens is 356 g/mol. The Labute approximate surface area is 163 Å². The van der Waals surface area contributed by atoms with Crippen LogP contribution in [0.4, 0.5) is 17.3 Å². The molecule has 0 aliphatic carbocycles. The summed E-state index contributed by atoms with van der Waals surface area (Å²) in [6.07, 6.45) is 0. The van der Waals surface area contributed by atoms with Crippen LogP contribution in [0.3, 0.4) is 0 Å². The Hall–Kier alpha value is -3.61. The van der Waals surface area contributed by atoms with Gasteiger partial charge in [0.05, 0.1) is 24.5 Å². The number of ether oxygens (including phenoxy) is 2. The van der Waals surface area contributed by atoms with Crippen LogP contribution in [-0.2, 0) is 4.74 Å². The zero-order valence-corrected chi connectivity index (χ0v) is 15.8. The standard InChI is InChI=1S/C21H22N4O3/c1-3-27-15-11-9-14(10-12-15)20-24-18(22)13-19(25-20)23-17-8-6-5-7-16(17)21(26)28-4-2/h5-13H,3-4H2,1-2H3,(H3,22,23,24,25). The summed E-state index contributed by atoms with van der Waals surface area (Å²) < 4.78 is 10.6. The molecule has 0 amide bonds. The van der Waals surface area contributed by atoms with Gasteiger partial charge in [0.15, 0.2) is 5.82 Å². The highest BCUT2D eigenvalue weighted by molar-refractivity contribution is 5.96. The molecule has 2 aromatic carbocycles. The number of nitrogens with two attached hydrogens (primary N) is 1. The molecule has 3 N–H and O–H groups in total. The van der Waals surface area contributed by atoms with Crippen LogP contribution in [0.1, 0.15) is 24.2 Å². The predicted molar refractivity (Wildman–Crippen MR) is 109 cm³/mol. The van der Waals surface area contributed by atoms with Gasteiger partial charge in [0.2, 0.25) is 0 Å². The van der Waals surface area contributed by atoms with Crippen molar-refractivity contribution in [2.45, 2.75) is 13.8 Å². The molecule has 0 unspecified atom stereocenters. The topological polar surface area (TPSA) is 99.4 Å². The van der Waals surface area contributed by atoms with Crippen LogP contribution >= 0.6 is 0 Å². The first-order valence-electron chi connectivity index (χ1n) is 9.01. The normalized spacial score (nSPS) is 10.4. The zero-order chi connectivity index (χ0) is 19.9. The molecule has 3 aromatic rings. The minimum Gasteiger partial charge on any atom is -0.494 e. The number of hydrogen-bond acceptors (Lipinski definition) is 7. The predicted octanol–water partition coefficient (Wildman–Crippen LogP) is 4.04. The highest BCUT2D eigenvalue weighted by Crippen LogP contribution is 2.25. The molecule has 0 saturated carbocycles. The first-order valence-corrected chi connectivity index (χ1v) is 9.01. The summed E-state index contributed by atoms with van der Waals surface area (Å²) in [6, 6.07) is 16.1. The van der Waals surface area contributed by atoms with E-state index in [1.807, 2.05) is 37.3 Å². The zero-order valence-electron chi connectivity index (χ0n) is 15.8. The summed E-state index contributed by atoms with van der Waals surface area (Å²) in [4.78, 5) is 21.0. The number of nitrogen functional groups attached to an aromatic ring is 1. The van der Waals surface area contributed by atoms with Gasteiger partial charge < -0.3 is 20.5 Å². The van der Waals surface area contributed by atoms with Crippen molar-refractivity contribution in [2.24, 2.45) is 0 Å². The molecule has 1 aromatic heterocycles. The number of benzene rings is 2. The van der Waals surface area contributed by atoms with Crippen molar-refractivity contribution in [3.05, 3.63) is 60.2 Å². The second-order valence-electron chi connectivity index (χ2n) is 5.85. The van der Waals surface area contributed by atoms with Gasteiger partial charge in [0.25, 0.3) is 0 Å². The van der Waals surface area contributed by atoms with E-state index in [-0.39, 0.29) is 0 Å². The van der Waals surface area contributed by atoms with Gasteiger partial charge in [-0.15, -0.1) is 0 Å². The summed E-state index contributed by atoms with van der Waals surface area (Å²) in [5.74, 6) is 1.64. The Morgan fingerprint density at radius 3 is 2.50 bits per heavy atom. The third-order valence-corrected chi connectivity index (χ3v) is 3.85. The molecule has 0 bridgehead atoms. The summed E-state index contributed by atoms with van der Waals surface area (Å²) in [7, 11) is 0. The van der Waals surface area contributed by atoms with Crippen LogP contribution in [0.15, 0.2) is 54.6 Å². The van der Waals surface area contributed by atoms with Crippen molar-refractivity contribution < 1.29 is 14.3 Å². The molecule has 7 nitrogen and oxygen atoms in total. The van der Waals surface area contributed by atoms with Crippen molar-refractivity contribution in [1.29, 1.82) is 0 Å². The van der Waals surface area contributed by atoms with Crippen LogP contribution in [-0.4, -0.2) is 29.2 Å². The molecule has 28 heavy (non-hydrogen) atoms. The molecule has 144 valence electrons. The number of aromatic nitrogens is 2. The van der Waals surface area contributed by atoms with Gasteiger partial charge in [-0.1, -0.05) is 12.1 Å². The van der Waals surface area contributed by atoms with Gasteiger partial charge in [0.1, 0.15) is 17.4 Å². The summed E-state index contributed by atoms with van der Waals surface area (Å²) in [6.45, 7) is 4.60. The average molecular weight is 378 g/mol. The number of para-hydroxylation sites is 1. The maximum atomic E-state index is 12.2. The summed E-state index contributed by atoms with van der Waals surface area (Å²) >= 11 is 0. The van der Waals surface area contributed by atoms with Crippen LogP contribution in [0.2, 0.25) is 0 Å². The number of nitrogens with one attached hydrogen (secondary N) is 1. The molecule has 0 saturated heterocycles. The Bertz CT molecular complexity index is 958. The minimum absolute atomic E-state index is 0.301. The van der Waals surface area contributed by atoms with E-state index in [0.29, 0.717) is 41.9 Å². The number of carbonyl (C=O) groups excluding carboxylic acids is 1. The van der Waals surface area contributed by atoms with Crippen molar-refractivity contribution in [3.63, 3.8) is 0 Å².